The Balaban J connectivity index is 1.24. The molecular weight excluding hydrogens is 474 g/mol. The van der Waals surface area contributed by atoms with E-state index in [2.05, 4.69) is 31.3 Å². The molecule has 1 amide bonds. The Bertz CT molecular complexity index is 1460. The summed E-state index contributed by atoms with van der Waals surface area (Å²) in [4.78, 5) is 34.8. The minimum Gasteiger partial charge on any atom is -0.495 e. The second-order valence-electron chi connectivity index (χ2n) is 9.25. The van der Waals surface area contributed by atoms with Crippen LogP contribution in [0.15, 0.2) is 42.2 Å². The predicted octanol–water partition coefficient (Wildman–Crippen LogP) is 3.84. The van der Waals surface area contributed by atoms with Gasteiger partial charge in [0.25, 0.3) is 0 Å². The van der Waals surface area contributed by atoms with Crippen molar-refractivity contribution in [3.05, 3.63) is 58.7 Å². The summed E-state index contributed by atoms with van der Waals surface area (Å²) in [6.45, 7) is 2.09. The minimum atomic E-state index is -0.0150. The molecule has 1 aliphatic carbocycles. The highest BCUT2D eigenvalue weighted by atomic mass is 32.1. The third-order valence-electron chi connectivity index (χ3n) is 7.03. The van der Waals surface area contributed by atoms with Crippen molar-refractivity contribution >= 4 is 45.2 Å². The van der Waals surface area contributed by atoms with Gasteiger partial charge in [0.1, 0.15) is 22.7 Å². The molecule has 10 heteroatoms. The van der Waals surface area contributed by atoms with Crippen molar-refractivity contribution in [3.63, 3.8) is 0 Å². The number of carbonyl (C=O) groups is 1. The maximum atomic E-state index is 13.2. The highest BCUT2D eigenvalue weighted by Gasteiger charge is 2.30. The lowest BCUT2D eigenvalue weighted by Crippen LogP contribution is -2.37. The molecule has 1 N–H and O–H groups in total. The van der Waals surface area contributed by atoms with Crippen LogP contribution >= 0.6 is 11.3 Å². The molecule has 4 heterocycles. The van der Waals surface area contributed by atoms with Crippen molar-refractivity contribution in [2.45, 2.75) is 32.4 Å². The fourth-order valence-electron chi connectivity index (χ4n) is 5.05. The summed E-state index contributed by atoms with van der Waals surface area (Å²) in [5, 5.41) is 4.55. The first kappa shape index (κ1) is 22.7. The average molecular weight is 502 g/mol. The quantitative estimate of drug-likeness (QED) is 0.413. The molecule has 4 aromatic rings. The molecule has 0 bridgehead atoms. The number of benzene rings is 1. The van der Waals surface area contributed by atoms with E-state index in [0.29, 0.717) is 13.1 Å². The Hall–Kier alpha value is -3.79. The summed E-state index contributed by atoms with van der Waals surface area (Å²) < 4.78 is 7.64. The van der Waals surface area contributed by atoms with Crippen LogP contribution in [0.3, 0.4) is 0 Å². The molecule has 0 saturated carbocycles. The number of aromatic nitrogens is 4. The number of aliphatic imine (C=N–C) groups is 1. The maximum Gasteiger partial charge on any atom is 0.225 e. The Morgan fingerprint density at radius 1 is 1.33 bits per heavy atom. The van der Waals surface area contributed by atoms with Gasteiger partial charge in [-0.1, -0.05) is 0 Å². The van der Waals surface area contributed by atoms with Crippen LogP contribution < -0.4 is 10.1 Å². The fraction of sp³-hybridized carbons (Fsp3) is 0.346. The first-order chi connectivity index (χ1) is 17.6. The van der Waals surface area contributed by atoms with Crippen LogP contribution in [0.1, 0.15) is 28.0 Å². The third-order valence-corrected chi connectivity index (χ3v) is 8.19. The van der Waals surface area contributed by atoms with Gasteiger partial charge in [-0.05, 0) is 48.1 Å². The second-order valence-corrected chi connectivity index (χ2v) is 10.3. The number of fused-ring (bicyclic) bond motifs is 4. The van der Waals surface area contributed by atoms with Crippen molar-refractivity contribution in [2.24, 2.45) is 10.9 Å². The van der Waals surface area contributed by atoms with Crippen molar-refractivity contribution in [2.75, 3.05) is 26.0 Å². The maximum absolute atomic E-state index is 13.2. The van der Waals surface area contributed by atoms with Crippen LogP contribution in [-0.4, -0.2) is 57.2 Å². The standard InChI is InChI=1S/C26H27N7O2S/c1-32(7-8-33-6-5-27-15-33)26(34)16-3-4-19-22(11-16)36-25-23(19)24(29-14-30-25)31-20-9-17-12-28-13-18(17)10-21(20)35-2/h5-6,9-10,12,14-16H,3-4,7-8,11,13H2,1-2H3,(H,29,30,31)/t16-/m0/s1. The first-order valence-corrected chi connectivity index (χ1v) is 12.9. The molecule has 1 aliphatic heterocycles. The summed E-state index contributed by atoms with van der Waals surface area (Å²) in [7, 11) is 3.57. The van der Waals surface area contributed by atoms with Crippen LogP contribution in [0.25, 0.3) is 10.2 Å². The van der Waals surface area contributed by atoms with Gasteiger partial charge in [-0.25, -0.2) is 15.0 Å². The van der Waals surface area contributed by atoms with Crippen molar-refractivity contribution < 1.29 is 9.53 Å². The van der Waals surface area contributed by atoms with E-state index >= 15 is 0 Å². The van der Waals surface area contributed by atoms with E-state index in [1.165, 1.54) is 10.4 Å². The molecule has 36 heavy (non-hydrogen) atoms. The molecule has 184 valence electrons. The van der Waals surface area contributed by atoms with Gasteiger partial charge in [-0.3, -0.25) is 9.79 Å². The normalized spacial score (nSPS) is 16.1. The highest BCUT2D eigenvalue weighted by molar-refractivity contribution is 7.19. The number of rotatable bonds is 7. The second kappa shape index (κ2) is 9.34. The Labute approximate surface area is 212 Å². The van der Waals surface area contributed by atoms with E-state index in [1.807, 2.05) is 35.0 Å². The van der Waals surface area contributed by atoms with E-state index in [-0.39, 0.29) is 11.8 Å². The molecule has 9 nitrogen and oxygen atoms in total. The molecular formula is C26H27N7O2S. The van der Waals surface area contributed by atoms with E-state index in [9.17, 15) is 4.79 Å². The number of hydrogen-bond acceptors (Lipinski definition) is 8. The molecule has 6 rings (SSSR count). The number of methoxy groups -OCH3 is 1. The zero-order chi connectivity index (χ0) is 24.6. The number of imidazole rings is 1. The van der Waals surface area contributed by atoms with Gasteiger partial charge >= 0.3 is 0 Å². The topological polar surface area (TPSA) is 97.5 Å². The largest absolute Gasteiger partial charge is 0.495 e. The van der Waals surface area contributed by atoms with Crippen LogP contribution in [0.5, 0.6) is 5.75 Å². The lowest BCUT2D eigenvalue weighted by molar-refractivity contribution is -0.134. The Morgan fingerprint density at radius 2 is 2.25 bits per heavy atom. The highest BCUT2D eigenvalue weighted by Crippen LogP contribution is 2.42. The van der Waals surface area contributed by atoms with Gasteiger partial charge in [-0.2, -0.15) is 0 Å². The van der Waals surface area contributed by atoms with Gasteiger partial charge in [0.15, 0.2) is 0 Å². The van der Waals surface area contributed by atoms with Gasteiger partial charge in [0.05, 0.1) is 31.1 Å². The van der Waals surface area contributed by atoms with E-state index in [1.54, 1.807) is 37.3 Å². The molecule has 0 radical (unpaired) electrons. The smallest absolute Gasteiger partial charge is 0.225 e. The van der Waals surface area contributed by atoms with Gasteiger partial charge in [0.2, 0.25) is 5.91 Å². The Morgan fingerprint density at radius 3 is 3.08 bits per heavy atom. The summed E-state index contributed by atoms with van der Waals surface area (Å²) in [5.74, 6) is 1.72. The van der Waals surface area contributed by atoms with Crippen molar-refractivity contribution in [1.82, 2.24) is 24.4 Å². The third kappa shape index (κ3) is 4.11. The lowest BCUT2D eigenvalue weighted by Gasteiger charge is -2.27. The van der Waals surface area contributed by atoms with E-state index in [4.69, 9.17) is 4.74 Å². The molecule has 0 spiro atoms. The number of nitrogens with one attached hydrogen (secondary N) is 1. The van der Waals surface area contributed by atoms with Crippen molar-refractivity contribution in [1.29, 1.82) is 0 Å². The zero-order valence-corrected chi connectivity index (χ0v) is 21.1. The summed E-state index contributed by atoms with van der Waals surface area (Å²) in [5.41, 5.74) is 4.36. The number of thiophene rings is 1. The SMILES string of the molecule is COc1cc2c(cc1Nc1ncnc3sc4c(c13)CC[C@H](C(=O)N(C)CCn1ccnc1)C4)C=NC2. The number of aryl methyl sites for hydroxylation is 1. The lowest BCUT2D eigenvalue weighted by atomic mass is 9.87. The predicted molar refractivity (Wildman–Crippen MR) is 140 cm³/mol. The molecule has 2 aliphatic rings. The number of ether oxygens (including phenoxy) is 1. The van der Waals surface area contributed by atoms with Gasteiger partial charge < -0.3 is 19.5 Å². The van der Waals surface area contributed by atoms with Gasteiger partial charge in [-0.15, -0.1) is 11.3 Å². The summed E-state index contributed by atoms with van der Waals surface area (Å²) in [6, 6.07) is 4.09. The van der Waals surface area contributed by atoms with Crippen LogP contribution in [0.4, 0.5) is 11.5 Å². The molecule has 3 aromatic heterocycles. The molecule has 0 fully saturated rings. The number of amides is 1. The van der Waals surface area contributed by atoms with Crippen LogP contribution in [0, 0.1) is 5.92 Å². The minimum absolute atomic E-state index is 0.0150. The first-order valence-electron chi connectivity index (χ1n) is 12.0. The van der Waals surface area contributed by atoms with E-state index in [0.717, 1.165) is 64.4 Å². The van der Waals surface area contributed by atoms with Crippen LogP contribution in [0.2, 0.25) is 0 Å². The fourth-order valence-corrected chi connectivity index (χ4v) is 6.32. The monoisotopic (exact) mass is 501 g/mol. The number of nitrogens with zero attached hydrogens (tertiary/aromatic N) is 6. The Kier molecular flexibility index (Phi) is 5.88. The number of carbonyl (C=O) groups excluding carboxylic acids is 1. The number of likely N-dealkylation sites (N-methyl/N-ethyl adjacent to an activating group) is 1. The molecule has 1 atom stereocenters. The summed E-state index contributed by atoms with van der Waals surface area (Å²) in [6.07, 6.45) is 11.3. The molecule has 1 aromatic carbocycles. The van der Waals surface area contributed by atoms with Crippen LogP contribution in [-0.2, 0) is 30.7 Å². The van der Waals surface area contributed by atoms with Crippen molar-refractivity contribution in [3.8, 4) is 5.75 Å². The average Bonchev–Trinajstić information content (AvgIpc) is 3.65. The number of anilines is 2. The van der Waals surface area contributed by atoms with Gasteiger partial charge in [0, 0.05) is 49.5 Å². The summed E-state index contributed by atoms with van der Waals surface area (Å²) >= 11 is 1.67. The molecule has 0 unspecified atom stereocenters. The molecule has 0 saturated heterocycles. The van der Waals surface area contributed by atoms with E-state index < -0.39 is 0 Å². The number of hydrogen-bond donors (Lipinski definition) is 1. The zero-order valence-electron chi connectivity index (χ0n) is 20.3.